The molecule has 11 atom stereocenters. The first-order valence-corrected chi connectivity index (χ1v) is 43.7. The molecule has 0 unspecified atom stereocenters. The third kappa shape index (κ3) is 30.8. The van der Waals surface area contributed by atoms with Gasteiger partial charge in [-0.1, -0.05) is 222 Å². The fourth-order valence-corrected chi connectivity index (χ4v) is 14.9. The zero-order chi connectivity index (χ0) is 99.3. The highest BCUT2D eigenvalue weighted by Gasteiger charge is 2.49. The third-order valence-electron chi connectivity index (χ3n) is 22.1. The molecule has 10 rings (SSSR count). The van der Waals surface area contributed by atoms with Crippen molar-refractivity contribution in [3.05, 3.63) is 232 Å². The van der Waals surface area contributed by atoms with Crippen molar-refractivity contribution in [2.24, 2.45) is 21.1 Å². The Bertz CT molecular complexity index is 5480. The number of nitrogens with zero attached hydrogens (tertiary/aromatic N) is 10. The molecule has 0 spiro atoms. The van der Waals surface area contributed by atoms with Gasteiger partial charge in [0.1, 0.15) is 91.1 Å². The second kappa shape index (κ2) is 48.6. The number of likely N-dealkylation sites (tertiary alicyclic amines) is 2. The highest BCUT2D eigenvalue weighted by Crippen LogP contribution is 2.45. The van der Waals surface area contributed by atoms with Gasteiger partial charge in [0.05, 0.1) is 18.7 Å². The lowest BCUT2D eigenvalue weighted by Gasteiger charge is -2.37. The van der Waals surface area contributed by atoms with E-state index in [0.29, 0.717) is 11.3 Å². The van der Waals surface area contributed by atoms with Gasteiger partial charge in [-0.2, -0.15) is 0 Å². The average molecular weight is 1840 g/mol. The number of aliphatic hydroxyl groups excluding tert-OH is 1. The number of fused-ring (bicyclic) bond motifs is 5. The molecule has 0 radical (unpaired) electrons. The first-order valence-electron chi connectivity index (χ1n) is 43.7. The number of carboxylic acids is 2. The number of terminal acetylenes is 1. The predicted molar refractivity (Wildman–Crippen MR) is 505 cm³/mol. The molecule has 9 amide bonds. The van der Waals surface area contributed by atoms with Crippen molar-refractivity contribution in [2.75, 3.05) is 53.6 Å². The van der Waals surface area contributed by atoms with Crippen molar-refractivity contribution < 1.29 is 96.5 Å². The van der Waals surface area contributed by atoms with Gasteiger partial charge >= 0.3 is 36.2 Å². The van der Waals surface area contributed by atoms with Crippen LogP contribution in [0.1, 0.15) is 144 Å². The van der Waals surface area contributed by atoms with Gasteiger partial charge in [-0.05, 0) is 163 Å². The number of aliphatic hydroxyl groups is 1. The minimum atomic E-state index is -1.30. The Morgan fingerprint density at radius 1 is 0.530 bits per heavy atom. The molecular formula is C99H123N15O20. The van der Waals surface area contributed by atoms with Crippen LogP contribution in [0.2, 0.25) is 0 Å². The largest absolute Gasteiger partial charge is 0.481 e. The standard InChI is InChI=1S/C36H49N7O7.C33H45N7O7.C27H23NO5.C3H6O/c1-10-17-49-33(47)27(19-23-15-16-24-13-11-12-14-25(24)18-23)38-31(45)28-20-26(40-41-37)21-43(28)32(46)29(35(3,4)5)39-30(44)22(2)42(9)34(48)50-36(6,7)8;1-19(39(8)31(46)47-33(5,6)7)27(41)36-26(32(2,3)4)29(43)40-18-23(37-38-34)17-25(40)28(42)35-24(30(44)45)16-20-13-14-21-11-9-10-12-22(21)15-20;1-2-15-32-19-13-11-18(12-14-19)16-25(26(29)30)28-27(31)33-17-24-22-9-5-3-7-20(22)21-8-4-6-10-23(21)24;1-2-3-4/h10-16,18,22,26-29H,1,17,19-21H2,2-9H3,(H,38,45)(H,39,44);9-15,19,23-26H,16-18H2,1-8H3,(H,35,42)(H,36,41)(H,44,45);1,3-14,24-25H,15-17H2,(H,28,31)(H,29,30);2,4H,1,3H2/t22-,26-,27-,28-,29+;19-,23-,24-,25-,26+;25-;/m000./s1. The number of azide groups is 2. The van der Waals surface area contributed by atoms with Gasteiger partial charge in [0.25, 0.3) is 0 Å². The Morgan fingerprint density at radius 3 is 1.30 bits per heavy atom. The summed E-state index contributed by atoms with van der Waals surface area (Å²) in [6.07, 6.45) is 5.99. The number of hydrogen-bond acceptors (Lipinski definition) is 20. The van der Waals surface area contributed by atoms with Gasteiger partial charge < -0.3 is 75.4 Å². The van der Waals surface area contributed by atoms with E-state index in [9.17, 15) is 73.3 Å². The molecule has 8 N–H and O–H groups in total. The van der Waals surface area contributed by atoms with Crippen molar-refractivity contribution in [3.8, 4) is 29.2 Å². The number of ether oxygens (including phenoxy) is 5. The van der Waals surface area contributed by atoms with E-state index in [2.05, 4.69) is 77.8 Å². The van der Waals surface area contributed by atoms with Crippen LogP contribution in [-0.4, -0.2) is 238 Å². The fraction of sp³-hybridized carbons (Fsp3) is 0.434. The summed E-state index contributed by atoms with van der Waals surface area (Å²) in [4.78, 5) is 168. The second-order valence-electron chi connectivity index (χ2n) is 36.7. The van der Waals surface area contributed by atoms with Gasteiger partial charge in [0.2, 0.25) is 35.4 Å². The summed E-state index contributed by atoms with van der Waals surface area (Å²) < 4.78 is 26.8. The number of nitrogens with one attached hydrogen (secondary N) is 5. The van der Waals surface area contributed by atoms with Crippen LogP contribution in [0.5, 0.6) is 5.75 Å². The lowest BCUT2D eigenvalue weighted by Crippen LogP contribution is -2.60. The summed E-state index contributed by atoms with van der Waals surface area (Å²) in [7, 11) is 2.83. The molecule has 2 aliphatic heterocycles. The summed E-state index contributed by atoms with van der Waals surface area (Å²) in [6.45, 7) is 30.6. The highest BCUT2D eigenvalue weighted by molar-refractivity contribution is 5.98. The van der Waals surface area contributed by atoms with E-state index in [-0.39, 0.29) is 77.5 Å². The summed E-state index contributed by atoms with van der Waals surface area (Å²) in [6, 6.07) is 37.9. The molecule has 35 heteroatoms. The Kier molecular flexibility index (Phi) is 38.6. The normalized spacial score (nSPS) is 16.4. The molecule has 714 valence electrons. The first-order chi connectivity index (χ1) is 63.1. The van der Waals surface area contributed by atoms with Crippen molar-refractivity contribution in [1.82, 2.24) is 46.2 Å². The Labute approximate surface area is 780 Å². The maximum Gasteiger partial charge on any atom is 0.410 e. The highest BCUT2D eigenvalue weighted by atomic mass is 16.6. The maximum atomic E-state index is 14.3. The molecule has 0 saturated carbocycles. The van der Waals surface area contributed by atoms with Crippen molar-refractivity contribution in [3.63, 3.8) is 0 Å². The van der Waals surface area contributed by atoms with Crippen LogP contribution in [0.25, 0.3) is 53.6 Å². The van der Waals surface area contributed by atoms with Crippen LogP contribution < -0.4 is 31.3 Å². The van der Waals surface area contributed by atoms with E-state index in [1.54, 1.807) is 113 Å². The minimum Gasteiger partial charge on any atom is -0.481 e. The zero-order valence-corrected chi connectivity index (χ0v) is 78.6. The van der Waals surface area contributed by atoms with Crippen LogP contribution in [-0.2, 0) is 81.4 Å². The number of esters is 1. The summed E-state index contributed by atoms with van der Waals surface area (Å²) in [5.74, 6) is -4.01. The van der Waals surface area contributed by atoms with E-state index in [1.807, 2.05) is 115 Å². The van der Waals surface area contributed by atoms with Crippen LogP contribution >= 0.6 is 0 Å². The SMILES string of the molecule is C#CCOc1ccc(C[C@H](NC(=O)OCC2c3ccccc3-c3ccccc32)C(=O)O)cc1.C=CCO.C=CCOC(=O)[C@H](Cc1ccc2ccccc2c1)NC(=O)[C@@H]1C[C@H](N=[N+]=[N-])CN1C(=O)[C@@H](NC(=O)[C@H](C)N(C)C(=O)OC(C)(C)C)C(C)(C)C.C[C@@H](C(=O)N[C@H](C(=O)N1C[C@@H](N=[N+]=[N-])C[C@H]1C(=O)N[C@@H](Cc1ccc2ccccc2c1)C(=O)O)C(C)(C)C)N(C)C(=O)OC(C)(C)C. The predicted octanol–water partition coefficient (Wildman–Crippen LogP) is 13.1. The molecule has 35 nitrogen and oxygen atoms in total. The van der Waals surface area contributed by atoms with Crippen LogP contribution in [0.15, 0.2) is 193 Å². The fourth-order valence-electron chi connectivity index (χ4n) is 14.9. The Balaban J connectivity index is 0.000000273. The number of rotatable bonds is 31. The average Bonchev–Trinajstić information content (AvgIpc) is 1.61. The second-order valence-corrected chi connectivity index (χ2v) is 36.7. The first kappa shape index (κ1) is 107. The molecule has 2 saturated heterocycles. The summed E-state index contributed by atoms with van der Waals surface area (Å²) >= 11 is 0. The molecule has 134 heavy (non-hydrogen) atoms. The number of carbonyl (C=O) groups is 12. The number of benzene rings is 7. The molecule has 1 aliphatic carbocycles. The number of hydrogen-bond donors (Lipinski definition) is 8. The molecule has 7 aromatic rings. The monoisotopic (exact) mass is 1840 g/mol. The molecule has 2 heterocycles. The number of alkyl carbamates (subject to hydrolysis) is 1. The smallest absolute Gasteiger partial charge is 0.410 e. The minimum absolute atomic E-state index is 0.00389. The number of carbonyl (C=O) groups excluding carboxylic acids is 10. The Hall–Kier alpha value is -14.5. The van der Waals surface area contributed by atoms with Gasteiger partial charge in [0, 0.05) is 62.2 Å². The third-order valence-corrected chi connectivity index (χ3v) is 22.1. The van der Waals surface area contributed by atoms with Gasteiger partial charge in [-0.3, -0.25) is 38.6 Å². The molecule has 0 bridgehead atoms. The number of likely N-dealkylation sites (N-methyl/N-ethyl adjacent to an activating group) is 2. The quantitative estimate of drug-likeness (QED) is 0.00380. The molecule has 3 aliphatic rings. The number of aliphatic carboxylic acids is 2. The van der Waals surface area contributed by atoms with E-state index < -0.39 is 160 Å². The summed E-state index contributed by atoms with van der Waals surface area (Å²) in [5, 5.41) is 52.0. The number of carboxylic acid groups (broad SMARTS) is 2. The van der Waals surface area contributed by atoms with Gasteiger partial charge in [-0.25, -0.2) is 28.8 Å². The maximum absolute atomic E-state index is 14.3. The lowest BCUT2D eigenvalue weighted by atomic mass is 9.85. The topological polar surface area (TPSA) is 482 Å². The summed E-state index contributed by atoms with van der Waals surface area (Å²) in [5.41, 5.74) is 21.7. The van der Waals surface area contributed by atoms with E-state index in [4.69, 9.17) is 40.7 Å². The van der Waals surface area contributed by atoms with E-state index in [1.165, 1.54) is 49.9 Å². The van der Waals surface area contributed by atoms with E-state index >= 15 is 0 Å². The zero-order valence-electron chi connectivity index (χ0n) is 78.6. The molecule has 2 fully saturated rings. The van der Waals surface area contributed by atoms with Crippen LogP contribution in [0, 0.1) is 23.2 Å². The van der Waals surface area contributed by atoms with Crippen LogP contribution in [0.3, 0.4) is 0 Å². The van der Waals surface area contributed by atoms with Gasteiger partial charge in [-0.15, -0.1) is 13.0 Å². The molecule has 0 aromatic heterocycles. The van der Waals surface area contributed by atoms with Crippen LogP contribution in [0.4, 0.5) is 14.4 Å². The Morgan fingerprint density at radius 2 is 0.910 bits per heavy atom. The van der Waals surface area contributed by atoms with E-state index in [0.717, 1.165) is 64.7 Å². The van der Waals surface area contributed by atoms with Gasteiger partial charge in [0.15, 0.2) is 0 Å². The lowest BCUT2D eigenvalue weighted by molar-refractivity contribution is -0.148. The molecular weight excluding hydrogens is 1720 g/mol. The van der Waals surface area contributed by atoms with Crippen molar-refractivity contribution >= 4 is 93.2 Å². The van der Waals surface area contributed by atoms with Crippen molar-refractivity contribution in [1.29, 1.82) is 0 Å². The van der Waals surface area contributed by atoms with Crippen molar-refractivity contribution in [2.45, 2.75) is 213 Å². The number of amides is 9. The molecule has 7 aromatic carbocycles.